The molecule has 0 aromatic heterocycles. The normalized spacial score (nSPS) is 16.5. The molecule has 1 rings (SSSR count). The highest BCUT2D eigenvalue weighted by atomic mass is 16.5. The monoisotopic (exact) mass is 173 g/mol. The fraction of sp³-hybridized carbons (Fsp3) is 1.00. The first kappa shape index (κ1) is 11.9. The summed E-state index contributed by atoms with van der Waals surface area (Å²) in [6.45, 7) is 10.7. The van der Waals surface area contributed by atoms with E-state index in [1.165, 1.54) is 25.9 Å². The minimum atomic E-state index is 0.375. The topological polar surface area (TPSA) is 21.3 Å². The van der Waals surface area contributed by atoms with Gasteiger partial charge in [0, 0.05) is 0 Å². The van der Waals surface area contributed by atoms with Crippen LogP contribution in [0.25, 0.3) is 0 Å². The van der Waals surface area contributed by atoms with Gasteiger partial charge in [-0.25, -0.2) is 0 Å². The SMILES string of the molecule is C1CCNC1.CC(C)OC(C)C. The van der Waals surface area contributed by atoms with Crippen LogP contribution in [0.4, 0.5) is 0 Å². The quantitative estimate of drug-likeness (QED) is 0.691. The van der Waals surface area contributed by atoms with Gasteiger partial charge in [0.1, 0.15) is 0 Å². The van der Waals surface area contributed by atoms with Crippen molar-refractivity contribution in [2.75, 3.05) is 13.1 Å². The summed E-state index contributed by atoms with van der Waals surface area (Å²) in [4.78, 5) is 0. The van der Waals surface area contributed by atoms with Crippen molar-refractivity contribution in [1.82, 2.24) is 5.32 Å². The molecule has 1 fully saturated rings. The molecular weight excluding hydrogens is 150 g/mol. The summed E-state index contributed by atoms with van der Waals surface area (Å²) in [5.74, 6) is 0. The van der Waals surface area contributed by atoms with E-state index in [0.717, 1.165) is 0 Å². The average molecular weight is 173 g/mol. The van der Waals surface area contributed by atoms with Crippen molar-refractivity contribution in [3.8, 4) is 0 Å². The van der Waals surface area contributed by atoms with Gasteiger partial charge < -0.3 is 10.1 Å². The Kier molecular flexibility index (Phi) is 7.51. The zero-order chi connectivity index (χ0) is 9.40. The van der Waals surface area contributed by atoms with Crippen LogP contribution in [-0.2, 0) is 4.74 Å². The van der Waals surface area contributed by atoms with Crippen molar-refractivity contribution in [3.05, 3.63) is 0 Å². The number of hydrogen-bond acceptors (Lipinski definition) is 2. The molecule has 12 heavy (non-hydrogen) atoms. The molecule has 0 unspecified atom stereocenters. The summed E-state index contributed by atoms with van der Waals surface area (Å²) in [5, 5.41) is 3.22. The molecule has 1 saturated heterocycles. The third-order valence-electron chi connectivity index (χ3n) is 1.50. The molecule has 0 atom stereocenters. The maximum Gasteiger partial charge on any atom is 0.0522 e. The van der Waals surface area contributed by atoms with Crippen LogP contribution in [0, 0.1) is 0 Å². The molecule has 1 heterocycles. The molecule has 1 aliphatic heterocycles. The molecule has 1 aliphatic rings. The Morgan fingerprint density at radius 2 is 1.33 bits per heavy atom. The lowest BCUT2D eigenvalue weighted by atomic mass is 10.4. The lowest BCUT2D eigenvalue weighted by Gasteiger charge is -2.09. The molecule has 0 aliphatic carbocycles. The minimum absolute atomic E-state index is 0.375. The van der Waals surface area contributed by atoms with E-state index in [2.05, 4.69) is 5.32 Å². The molecule has 2 heteroatoms. The van der Waals surface area contributed by atoms with E-state index in [4.69, 9.17) is 4.74 Å². The highest BCUT2D eigenvalue weighted by Crippen LogP contribution is 1.93. The van der Waals surface area contributed by atoms with E-state index < -0.39 is 0 Å². The average Bonchev–Trinajstić information content (AvgIpc) is 2.36. The van der Waals surface area contributed by atoms with Crippen LogP contribution >= 0.6 is 0 Å². The molecular formula is C10H23NO. The maximum atomic E-state index is 5.25. The molecule has 0 saturated carbocycles. The van der Waals surface area contributed by atoms with Gasteiger partial charge in [0.2, 0.25) is 0 Å². The van der Waals surface area contributed by atoms with Crippen LogP contribution < -0.4 is 5.32 Å². The largest absolute Gasteiger partial charge is 0.376 e. The summed E-state index contributed by atoms with van der Waals surface area (Å²) in [5.41, 5.74) is 0. The Labute approximate surface area is 76.7 Å². The molecule has 74 valence electrons. The first-order chi connectivity index (χ1) is 5.63. The van der Waals surface area contributed by atoms with Crippen LogP contribution in [0.5, 0.6) is 0 Å². The van der Waals surface area contributed by atoms with E-state index >= 15 is 0 Å². The van der Waals surface area contributed by atoms with Gasteiger partial charge in [0.05, 0.1) is 12.2 Å². The van der Waals surface area contributed by atoms with Crippen molar-refractivity contribution < 1.29 is 4.74 Å². The van der Waals surface area contributed by atoms with Crippen molar-refractivity contribution in [2.24, 2.45) is 0 Å². The van der Waals surface area contributed by atoms with Crippen LogP contribution in [0.1, 0.15) is 40.5 Å². The van der Waals surface area contributed by atoms with Crippen molar-refractivity contribution in [1.29, 1.82) is 0 Å². The van der Waals surface area contributed by atoms with Gasteiger partial charge in [-0.1, -0.05) is 0 Å². The Morgan fingerprint density at radius 3 is 1.42 bits per heavy atom. The summed E-state index contributed by atoms with van der Waals surface area (Å²) < 4.78 is 5.25. The molecule has 0 aromatic rings. The van der Waals surface area contributed by atoms with E-state index in [9.17, 15) is 0 Å². The summed E-state index contributed by atoms with van der Waals surface area (Å²) in [7, 11) is 0. The van der Waals surface area contributed by atoms with Gasteiger partial charge in [-0.15, -0.1) is 0 Å². The van der Waals surface area contributed by atoms with Crippen molar-refractivity contribution in [3.63, 3.8) is 0 Å². The van der Waals surface area contributed by atoms with Crippen LogP contribution in [0.3, 0.4) is 0 Å². The van der Waals surface area contributed by atoms with Gasteiger partial charge in [-0.05, 0) is 53.6 Å². The van der Waals surface area contributed by atoms with Gasteiger partial charge in [0.25, 0.3) is 0 Å². The first-order valence-corrected chi connectivity index (χ1v) is 4.99. The molecule has 0 aromatic carbocycles. The summed E-state index contributed by atoms with van der Waals surface area (Å²) in [6, 6.07) is 0. The van der Waals surface area contributed by atoms with Gasteiger partial charge in [-0.3, -0.25) is 0 Å². The minimum Gasteiger partial charge on any atom is -0.376 e. The summed E-state index contributed by atoms with van der Waals surface area (Å²) >= 11 is 0. The second kappa shape index (κ2) is 7.56. The van der Waals surface area contributed by atoms with E-state index in [0.29, 0.717) is 12.2 Å². The van der Waals surface area contributed by atoms with Crippen molar-refractivity contribution >= 4 is 0 Å². The first-order valence-electron chi connectivity index (χ1n) is 4.99. The fourth-order valence-electron chi connectivity index (χ4n) is 1.17. The number of ether oxygens (including phenoxy) is 1. The van der Waals surface area contributed by atoms with E-state index in [-0.39, 0.29) is 0 Å². The molecule has 2 nitrogen and oxygen atoms in total. The van der Waals surface area contributed by atoms with Gasteiger partial charge in [-0.2, -0.15) is 0 Å². The fourth-order valence-corrected chi connectivity index (χ4v) is 1.17. The van der Waals surface area contributed by atoms with Crippen LogP contribution in [-0.4, -0.2) is 25.3 Å². The third kappa shape index (κ3) is 9.92. The Morgan fingerprint density at radius 1 is 0.917 bits per heavy atom. The van der Waals surface area contributed by atoms with Gasteiger partial charge in [0.15, 0.2) is 0 Å². The predicted molar refractivity (Wildman–Crippen MR) is 53.5 cm³/mol. The Hall–Kier alpha value is -0.0800. The second-order valence-electron chi connectivity index (χ2n) is 3.69. The number of nitrogens with one attached hydrogen (secondary N) is 1. The standard InChI is InChI=1S/C6H14O.C4H9N/c1-5(2)7-6(3)4;1-2-4-5-3-1/h5-6H,1-4H3;5H,1-4H2. The Bertz CT molecular complexity index is 74.2. The zero-order valence-electron chi connectivity index (χ0n) is 8.89. The highest BCUT2D eigenvalue weighted by Gasteiger charge is 1.94. The predicted octanol–water partition coefficient (Wildman–Crippen LogP) is 2.19. The second-order valence-corrected chi connectivity index (χ2v) is 3.69. The number of hydrogen-bond donors (Lipinski definition) is 1. The maximum absolute atomic E-state index is 5.25. The molecule has 1 N–H and O–H groups in total. The van der Waals surface area contributed by atoms with E-state index in [1.54, 1.807) is 0 Å². The Balaban J connectivity index is 0.000000211. The van der Waals surface area contributed by atoms with Gasteiger partial charge >= 0.3 is 0 Å². The molecule has 0 spiro atoms. The van der Waals surface area contributed by atoms with E-state index in [1.807, 2.05) is 27.7 Å². The molecule has 0 amide bonds. The molecule has 0 radical (unpaired) electrons. The number of rotatable bonds is 2. The van der Waals surface area contributed by atoms with Crippen molar-refractivity contribution in [2.45, 2.75) is 52.7 Å². The molecule has 0 bridgehead atoms. The highest BCUT2D eigenvalue weighted by molar-refractivity contribution is 4.55. The lowest BCUT2D eigenvalue weighted by Crippen LogP contribution is -2.09. The smallest absolute Gasteiger partial charge is 0.0522 e. The third-order valence-corrected chi connectivity index (χ3v) is 1.50. The zero-order valence-corrected chi connectivity index (χ0v) is 8.89. The van der Waals surface area contributed by atoms with Crippen LogP contribution in [0.2, 0.25) is 0 Å². The lowest BCUT2D eigenvalue weighted by molar-refractivity contribution is 0.0300. The summed E-state index contributed by atoms with van der Waals surface area (Å²) in [6.07, 6.45) is 3.53. The van der Waals surface area contributed by atoms with Crippen LogP contribution in [0.15, 0.2) is 0 Å².